The number of halogens is 1. The molecule has 172 valence electrons. The number of nitriles is 2. The molecule has 1 fully saturated rings. The van der Waals surface area contributed by atoms with Gasteiger partial charge in [-0.15, -0.1) is 0 Å². The minimum Gasteiger partial charge on any atom is -0.351 e. The van der Waals surface area contributed by atoms with Gasteiger partial charge in [0, 0.05) is 22.2 Å². The molecule has 4 aromatic carbocycles. The van der Waals surface area contributed by atoms with Gasteiger partial charge in [0.1, 0.15) is 6.04 Å². The molecule has 0 bridgehead atoms. The highest BCUT2D eigenvalue weighted by Crippen LogP contribution is 2.56. The summed E-state index contributed by atoms with van der Waals surface area (Å²) < 4.78 is 0. The first-order chi connectivity index (χ1) is 17.6. The monoisotopic (exact) mass is 485 g/mol. The Morgan fingerprint density at radius 2 is 1.56 bits per heavy atom. The zero-order valence-electron chi connectivity index (χ0n) is 19.2. The van der Waals surface area contributed by atoms with Gasteiger partial charge >= 0.3 is 0 Å². The lowest BCUT2D eigenvalue weighted by Crippen LogP contribution is -2.44. The SMILES string of the molecule is N#CC1(C#N)C(c2cccc3ccccc23)C(C(=O)c2ccc(Cl)cc2)N2c3ccccc3C=CC21. The fraction of sp³-hybridized carbons (Fsp3) is 0.129. The summed E-state index contributed by atoms with van der Waals surface area (Å²) in [6.07, 6.45) is 3.86. The van der Waals surface area contributed by atoms with E-state index in [4.69, 9.17) is 11.6 Å². The van der Waals surface area contributed by atoms with Gasteiger partial charge in [0.15, 0.2) is 11.2 Å². The molecule has 4 nitrogen and oxygen atoms in total. The lowest BCUT2D eigenvalue weighted by Gasteiger charge is -2.35. The van der Waals surface area contributed by atoms with Crippen LogP contribution in [0.1, 0.15) is 27.4 Å². The number of nitrogens with zero attached hydrogens (tertiary/aromatic N) is 3. The van der Waals surface area contributed by atoms with Crippen LogP contribution in [0.4, 0.5) is 5.69 Å². The molecule has 36 heavy (non-hydrogen) atoms. The van der Waals surface area contributed by atoms with Crippen molar-refractivity contribution in [3.8, 4) is 12.1 Å². The molecular weight excluding hydrogens is 466 g/mol. The molecule has 2 heterocycles. The van der Waals surface area contributed by atoms with Crippen LogP contribution in [0.15, 0.2) is 97.1 Å². The molecule has 5 heteroatoms. The first-order valence-electron chi connectivity index (χ1n) is 11.7. The van der Waals surface area contributed by atoms with Crippen molar-refractivity contribution < 1.29 is 4.79 Å². The summed E-state index contributed by atoms with van der Waals surface area (Å²) in [5.74, 6) is -0.838. The summed E-state index contributed by atoms with van der Waals surface area (Å²) in [4.78, 5) is 16.3. The highest BCUT2D eigenvalue weighted by Gasteiger charge is 2.63. The van der Waals surface area contributed by atoms with Crippen LogP contribution in [-0.2, 0) is 0 Å². The fourth-order valence-corrected chi connectivity index (χ4v) is 6.01. The summed E-state index contributed by atoms with van der Waals surface area (Å²) in [6.45, 7) is 0. The number of fused-ring (bicyclic) bond motifs is 4. The van der Waals surface area contributed by atoms with Crippen LogP contribution < -0.4 is 4.90 Å². The van der Waals surface area contributed by atoms with Crippen molar-refractivity contribution in [1.82, 2.24) is 0 Å². The molecule has 0 aliphatic carbocycles. The molecule has 0 spiro atoms. The molecule has 3 atom stereocenters. The molecule has 3 unspecified atom stereocenters. The molecular formula is C31H20ClN3O. The van der Waals surface area contributed by atoms with Gasteiger partial charge in [0.2, 0.25) is 0 Å². The Balaban J connectivity index is 1.67. The fourth-order valence-electron chi connectivity index (χ4n) is 5.88. The second-order valence-electron chi connectivity index (χ2n) is 9.22. The van der Waals surface area contributed by atoms with Crippen LogP contribution >= 0.6 is 11.6 Å². The summed E-state index contributed by atoms with van der Waals surface area (Å²) in [5, 5.41) is 23.8. The Bertz CT molecular complexity index is 1610. The first kappa shape index (κ1) is 22.1. The van der Waals surface area contributed by atoms with Gasteiger partial charge in [0.05, 0.1) is 18.2 Å². The summed E-state index contributed by atoms with van der Waals surface area (Å²) >= 11 is 6.12. The Kier molecular flexibility index (Phi) is 5.15. The topological polar surface area (TPSA) is 67.9 Å². The second-order valence-corrected chi connectivity index (χ2v) is 9.66. The van der Waals surface area contributed by atoms with Crippen molar-refractivity contribution in [2.75, 3.05) is 4.90 Å². The van der Waals surface area contributed by atoms with E-state index >= 15 is 0 Å². The van der Waals surface area contributed by atoms with Gasteiger partial charge < -0.3 is 4.90 Å². The molecule has 1 saturated heterocycles. The van der Waals surface area contributed by atoms with E-state index in [2.05, 4.69) is 12.1 Å². The molecule has 6 rings (SSSR count). The molecule has 4 aromatic rings. The van der Waals surface area contributed by atoms with E-state index in [0.717, 1.165) is 27.6 Å². The standard InChI is InChI=1S/C31H20ClN3O/c32-23-15-12-22(13-16-23)30(36)29-28(25-10-5-8-20-6-1-3-9-24(20)25)31(18-33,19-34)27-17-14-21-7-2-4-11-26(21)35(27)29/h1-17,27-29H. The van der Waals surface area contributed by atoms with E-state index in [1.807, 2.05) is 83.8 Å². The molecule has 0 saturated carbocycles. The van der Waals surface area contributed by atoms with Gasteiger partial charge in [-0.05, 0) is 52.2 Å². The van der Waals surface area contributed by atoms with Gasteiger partial charge in [-0.25, -0.2) is 0 Å². The molecule has 0 amide bonds. The van der Waals surface area contributed by atoms with Crippen molar-refractivity contribution in [2.45, 2.75) is 18.0 Å². The zero-order valence-corrected chi connectivity index (χ0v) is 19.9. The molecule has 2 aliphatic rings. The number of carbonyl (C=O) groups is 1. The van der Waals surface area contributed by atoms with Crippen molar-refractivity contribution >= 4 is 39.9 Å². The number of ketones is 1. The highest BCUT2D eigenvalue weighted by molar-refractivity contribution is 6.30. The van der Waals surface area contributed by atoms with Crippen LogP contribution in [0, 0.1) is 28.1 Å². The Labute approximate surface area is 214 Å². The van der Waals surface area contributed by atoms with Gasteiger partial charge in [0.25, 0.3) is 0 Å². The van der Waals surface area contributed by atoms with Gasteiger partial charge in [-0.2, -0.15) is 10.5 Å². The number of Topliss-reactive ketones (excluding diaryl/α,β-unsaturated/α-hetero) is 1. The third-order valence-electron chi connectivity index (χ3n) is 7.47. The molecule has 0 N–H and O–H groups in total. The third-order valence-corrected chi connectivity index (χ3v) is 7.72. The minimum atomic E-state index is -1.49. The predicted octanol–water partition coefficient (Wildman–Crippen LogP) is 6.78. The maximum atomic E-state index is 14.3. The molecule has 2 aliphatic heterocycles. The van der Waals surface area contributed by atoms with E-state index in [9.17, 15) is 15.3 Å². The summed E-state index contributed by atoms with van der Waals surface area (Å²) in [6, 6.07) is 31.8. The predicted molar refractivity (Wildman–Crippen MR) is 142 cm³/mol. The lowest BCUT2D eigenvalue weighted by molar-refractivity contribution is 0.0951. The normalized spacial score (nSPS) is 21.3. The molecule has 0 radical (unpaired) electrons. The third kappa shape index (κ3) is 3.09. The second kappa shape index (κ2) is 8.38. The van der Waals surface area contributed by atoms with Crippen LogP contribution in [-0.4, -0.2) is 17.9 Å². The van der Waals surface area contributed by atoms with Crippen molar-refractivity contribution in [3.05, 3.63) is 119 Å². The van der Waals surface area contributed by atoms with E-state index in [1.54, 1.807) is 24.3 Å². The van der Waals surface area contributed by atoms with Crippen molar-refractivity contribution in [3.63, 3.8) is 0 Å². The Hall–Kier alpha value is -4.38. The number of benzene rings is 4. The van der Waals surface area contributed by atoms with Crippen LogP contribution in [0.25, 0.3) is 16.8 Å². The van der Waals surface area contributed by atoms with E-state index in [-0.39, 0.29) is 5.78 Å². The van der Waals surface area contributed by atoms with E-state index < -0.39 is 23.4 Å². The quantitative estimate of drug-likeness (QED) is 0.300. The number of carbonyl (C=O) groups excluding carboxylic acids is 1. The average molecular weight is 486 g/mol. The van der Waals surface area contributed by atoms with Crippen molar-refractivity contribution in [2.24, 2.45) is 5.41 Å². The number of hydrogen-bond acceptors (Lipinski definition) is 4. The Morgan fingerprint density at radius 1 is 0.861 bits per heavy atom. The maximum Gasteiger partial charge on any atom is 0.185 e. The molecule has 0 aromatic heterocycles. The van der Waals surface area contributed by atoms with Crippen LogP contribution in [0.2, 0.25) is 5.02 Å². The minimum absolute atomic E-state index is 0.146. The first-order valence-corrected chi connectivity index (χ1v) is 12.1. The summed E-state index contributed by atoms with van der Waals surface area (Å²) in [7, 11) is 0. The highest BCUT2D eigenvalue weighted by atomic mass is 35.5. The number of anilines is 1. The van der Waals surface area contributed by atoms with Gasteiger partial charge in [-0.3, -0.25) is 4.79 Å². The van der Waals surface area contributed by atoms with Crippen LogP contribution in [0.3, 0.4) is 0 Å². The zero-order chi connectivity index (χ0) is 24.9. The van der Waals surface area contributed by atoms with E-state index in [1.165, 1.54) is 0 Å². The van der Waals surface area contributed by atoms with E-state index in [0.29, 0.717) is 10.6 Å². The lowest BCUT2D eigenvalue weighted by atomic mass is 9.68. The van der Waals surface area contributed by atoms with Crippen molar-refractivity contribution in [1.29, 1.82) is 10.5 Å². The number of hydrogen-bond donors (Lipinski definition) is 0. The Morgan fingerprint density at radius 3 is 2.33 bits per heavy atom. The largest absolute Gasteiger partial charge is 0.351 e. The number of para-hydroxylation sites is 1. The number of rotatable bonds is 3. The van der Waals surface area contributed by atoms with Crippen LogP contribution in [0.5, 0.6) is 0 Å². The van der Waals surface area contributed by atoms with Gasteiger partial charge in [-0.1, -0.05) is 84.4 Å². The smallest absolute Gasteiger partial charge is 0.185 e. The maximum absolute atomic E-state index is 14.3. The average Bonchev–Trinajstić information content (AvgIpc) is 3.23. The summed E-state index contributed by atoms with van der Waals surface area (Å²) in [5.41, 5.74) is 1.62.